The Bertz CT molecular complexity index is 231. The molecular formula is C11H21NO3S. The van der Waals surface area contributed by atoms with E-state index < -0.39 is 12.0 Å². The summed E-state index contributed by atoms with van der Waals surface area (Å²) in [4.78, 5) is 22.3. The van der Waals surface area contributed by atoms with E-state index in [0.29, 0.717) is 12.5 Å². The molecule has 1 atom stereocenters. The van der Waals surface area contributed by atoms with Crippen molar-refractivity contribution in [2.24, 2.45) is 5.92 Å². The maximum atomic E-state index is 11.5. The van der Waals surface area contributed by atoms with Crippen LogP contribution in [0.1, 0.15) is 33.6 Å². The Hall–Kier alpha value is -0.710. The largest absolute Gasteiger partial charge is 0.464 e. The highest BCUT2D eigenvalue weighted by molar-refractivity contribution is 7.80. The molecule has 16 heavy (non-hydrogen) atoms. The number of carbonyl (C=O) groups excluding carboxylic acids is 2. The van der Waals surface area contributed by atoms with Gasteiger partial charge in [-0.1, -0.05) is 13.8 Å². The van der Waals surface area contributed by atoms with Crippen LogP contribution in [-0.4, -0.2) is 30.3 Å². The predicted octanol–water partition coefficient (Wildman–Crippen LogP) is 1.40. The van der Waals surface area contributed by atoms with Crippen LogP contribution < -0.4 is 5.32 Å². The monoisotopic (exact) mass is 247 g/mol. The van der Waals surface area contributed by atoms with Crippen molar-refractivity contribution in [2.45, 2.75) is 39.7 Å². The number of nitrogens with one attached hydrogen (secondary N) is 1. The van der Waals surface area contributed by atoms with Crippen molar-refractivity contribution >= 4 is 24.5 Å². The summed E-state index contributed by atoms with van der Waals surface area (Å²) in [5, 5.41) is 2.49. The second-order valence-electron chi connectivity index (χ2n) is 4.14. The number of ether oxygens (including phenoxy) is 1. The molecule has 0 aromatic rings. The van der Waals surface area contributed by atoms with Crippen molar-refractivity contribution in [3.8, 4) is 0 Å². The summed E-state index contributed by atoms with van der Waals surface area (Å²) in [6.07, 6.45) is 1.88. The average molecular weight is 247 g/mol. The van der Waals surface area contributed by atoms with E-state index in [1.807, 2.05) is 0 Å². The summed E-state index contributed by atoms with van der Waals surface area (Å²) in [6.45, 7) is 6.01. The lowest BCUT2D eigenvalue weighted by Gasteiger charge is -2.14. The van der Waals surface area contributed by atoms with Crippen molar-refractivity contribution in [1.82, 2.24) is 5.32 Å². The van der Waals surface area contributed by atoms with Crippen molar-refractivity contribution in [2.75, 3.05) is 12.4 Å². The van der Waals surface area contributed by atoms with Crippen LogP contribution in [0.25, 0.3) is 0 Å². The van der Waals surface area contributed by atoms with Gasteiger partial charge in [0.15, 0.2) is 0 Å². The van der Waals surface area contributed by atoms with Crippen LogP contribution in [0.3, 0.4) is 0 Å². The molecule has 5 heteroatoms. The molecular weight excluding hydrogens is 226 g/mol. The van der Waals surface area contributed by atoms with E-state index in [9.17, 15) is 9.59 Å². The molecule has 0 spiro atoms. The van der Waals surface area contributed by atoms with E-state index in [1.165, 1.54) is 6.92 Å². The van der Waals surface area contributed by atoms with Gasteiger partial charge in [0.2, 0.25) is 5.91 Å². The fraction of sp³-hybridized carbons (Fsp3) is 0.818. The van der Waals surface area contributed by atoms with Gasteiger partial charge >= 0.3 is 5.97 Å². The number of rotatable bonds is 7. The highest BCUT2D eigenvalue weighted by Crippen LogP contribution is 2.04. The molecule has 0 heterocycles. The van der Waals surface area contributed by atoms with Gasteiger partial charge in [-0.3, -0.25) is 4.79 Å². The molecule has 0 aromatic carbocycles. The fourth-order valence-corrected chi connectivity index (χ4v) is 1.43. The molecule has 0 saturated heterocycles. The number of carbonyl (C=O) groups is 2. The molecule has 0 radical (unpaired) electrons. The highest BCUT2D eigenvalue weighted by atomic mass is 32.1. The maximum absolute atomic E-state index is 11.5. The lowest BCUT2D eigenvalue weighted by molar-refractivity contribution is -0.147. The van der Waals surface area contributed by atoms with Gasteiger partial charge in [-0.05, 0) is 18.8 Å². The minimum atomic E-state index is -0.639. The van der Waals surface area contributed by atoms with Crippen LogP contribution in [0, 0.1) is 5.92 Å². The zero-order valence-corrected chi connectivity index (χ0v) is 11.0. The van der Waals surface area contributed by atoms with Crippen LogP contribution in [0.15, 0.2) is 0 Å². The Balaban J connectivity index is 3.80. The molecule has 94 valence electrons. The van der Waals surface area contributed by atoms with Gasteiger partial charge in [-0.15, -0.1) is 0 Å². The number of hydrogen-bond acceptors (Lipinski definition) is 4. The molecule has 0 bridgehead atoms. The van der Waals surface area contributed by atoms with Crippen LogP contribution in [0.4, 0.5) is 0 Å². The topological polar surface area (TPSA) is 55.4 Å². The fourth-order valence-electron chi connectivity index (χ4n) is 1.19. The van der Waals surface area contributed by atoms with Gasteiger partial charge in [0.1, 0.15) is 6.04 Å². The first-order chi connectivity index (χ1) is 7.47. The summed E-state index contributed by atoms with van der Waals surface area (Å²) in [5.74, 6) is 0.199. The van der Waals surface area contributed by atoms with Crippen molar-refractivity contribution < 1.29 is 14.3 Å². The minimum Gasteiger partial charge on any atom is -0.464 e. The van der Waals surface area contributed by atoms with E-state index in [2.05, 4.69) is 31.8 Å². The van der Waals surface area contributed by atoms with Crippen molar-refractivity contribution in [1.29, 1.82) is 0 Å². The average Bonchev–Trinajstić information content (AvgIpc) is 2.20. The Morgan fingerprint density at radius 1 is 1.38 bits per heavy atom. The second-order valence-corrected chi connectivity index (χ2v) is 4.50. The molecule has 1 amide bonds. The van der Waals surface area contributed by atoms with E-state index in [-0.39, 0.29) is 11.7 Å². The predicted molar refractivity (Wildman–Crippen MR) is 66.5 cm³/mol. The van der Waals surface area contributed by atoms with Crippen molar-refractivity contribution in [3.63, 3.8) is 0 Å². The van der Waals surface area contributed by atoms with E-state index in [0.717, 1.165) is 12.8 Å². The van der Waals surface area contributed by atoms with Crippen molar-refractivity contribution in [3.05, 3.63) is 0 Å². The SMILES string of the molecule is CC(=O)N[C@@H](CS)C(=O)OCCCC(C)C. The Kier molecular flexibility index (Phi) is 8.07. The second kappa shape index (κ2) is 8.44. The quantitative estimate of drug-likeness (QED) is 0.406. The molecule has 0 aromatic heterocycles. The van der Waals surface area contributed by atoms with E-state index >= 15 is 0 Å². The first-order valence-corrected chi connectivity index (χ1v) is 6.15. The molecule has 0 aliphatic heterocycles. The molecule has 0 aliphatic rings. The smallest absolute Gasteiger partial charge is 0.329 e. The van der Waals surface area contributed by atoms with E-state index in [4.69, 9.17) is 4.74 Å². The molecule has 4 nitrogen and oxygen atoms in total. The number of amides is 1. The third kappa shape index (κ3) is 7.56. The lowest BCUT2D eigenvalue weighted by Crippen LogP contribution is -2.42. The molecule has 0 unspecified atom stereocenters. The molecule has 0 saturated carbocycles. The highest BCUT2D eigenvalue weighted by Gasteiger charge is 2.18. The number of esters is 1. The van der Waals surface area contributed by atoms with Gasteiger partial charge in [0.25, 0.3) is 0 Å². The maximum Gasteiger partial charge on any atom is 0.329 e. The van der Waals surface area contributed by atoms with Gasteiger partial charge < -0.3 is 10.1 Å². The van der Waals surface area contributed by atoms with Gasteiger partial charge in [-0.25, -0.2) is 4.79 Å². The van der Waals surface area contributed by atoms with Crippen LogP contribution >= 0.6 is 12.6 Å². The zero-order chi connectivity index (χ0) is 12.6. The molecule has 0 aliphatic carbocycles. The Morgan fingerprint density at radius 3 is 2.44 bits per heavy atom. The first-order valence-electron chi connectivity index (χ1n) is 5.52. The first kappa shape index (κ1) is 15.3. The van der Waals surface area contributed by atoms with Gasteiger partial charge in [0.05, 0.1) is 6.61 Å². The lowest BCUT2D eigenvalue weighted by atomic mass is 10.1. The summed E-state index contributed by atoms with van der Waals surface area (Å²) in [6, 6.07) is -0.639. The van der Waals surface area contributed by atoms with Gasteiger partial charge in [-0.2, -0.15) is 12.6 Å². The third-order valence-corrected chi connectivity index (χ3v) is 2.38. The Labute approximate surface area is 103 Å². The van der Waals surface area contributed by atoms with Crippen LogP contribution in [-0.2, 0) is 14.3 Å². The summed E-state index contributed by atoms with van der Waals surface area (Å²) < 4.78 is 5.04. The number of hydrogen-bond donors (Lipinski definition) is 2. The molecule has 1 N–H and O–H groups in total. The van der Waals surface area contributed by atoms with Crippen LogP contribution in [0.2, 0.25) is 0 Å². The zero-order valence-electron chi connectivity index (χ0n) is 10.2. The minimum absolute atomic E-state index is 0.252. The molecule has 0 fully saturated rings. The summed E-state index contributed by atoms with van der Waals surface area (Å²) in [5.41, 5.74) is 0. The van der Waals surface area contributed by atoms with Crippen LogP contribution in [0.5, 0.6) is 0 Å². The Morgan fingerprint density at radius 2 is 2.00 bits per heavy atom. The van der Waals surface area contributed by atoms with E-state index in [1.54, 1.807) is 0 Å². The normalized spacial score (nSPS) is 12.3. The summed E-state index contributed by atoms with van der Waals surface area (Å²) in [7, 11) is 0. The summed E-state index contributed by atoms with van der Waals surface area (Å²) >= 11 is 3.99. The molecule has 0 rings (SSSR count). The van der Waals surface area contributed by atoms with Gasteiger partial charge in [0, 0.05) is 12.7 Å². The standard InChI is InChI=1S/C11H21NO3S/c1-8(2)5-4-6-15-11(14)10(7-16)12-9(3)13/h8,10,16H,4-7H2,1-3H3,(H,12,13)/t10-/m0/s1. The third-order valence-electron chi connectivity index (χ3n) is 2.01. The number of thiol groups is 1.